The number of sulfone groups is 1. The molecule has 4 heterocycles. The van der Waals surface area contributed by atoms with E-state index in [0.29, 0.717) is 22.6 Å². The maximum atomic E-state index is 11.8. The van der Waals surface area contributed by atoms with Crippen molar-refractivity contribution in [3.63, 3.8) is 0 Å². The molecule has 48 heavy (non-hydrogen) atoms. The fraction of sp³-hybridized carbons (Fsp3) is 0.385. The van der Waals surface area contributed by atoms with Gasteiger partial charge in [-0.15, -0.1) is 0 Å². The van der Waals surface area contributed by atoms with Crippen molar-refractivity contribution in [2.45, 2.75) is 67.7 Å². The van der Waals surface area contributed by atoms with Gasteiger partial charge in [-0.1, -0.05) is 54.6 Å². The Morgan fingerprint density at radius 2 is 1.29 bits per heavy atom. The van der Waals surface area contributed by atoms with E-state index in [1.807, 2.05) is 37.2 Å². The van der Waals surface area contributed by atoms with Gasteiger partial charge in [0.1, 0.15) is 0 Å². The van der Waals surface area contributed by atoms with E-state index < -0.39 is 15.9 Å². The largest absolute Gasteiger partial charge is 0.392 e. The van der Waals surface area contributed by atoms with E-state index in [4.69, 9.17) is 0 Å². The summed E-state index contributed by atoms with van der Waals surface area (Å²) in [5, 5.41) is 22.1. The highest BCUT2D eigenvalue weighted by atomic mass is 32.2. The molecule has 2 N–H and O–H groups in total. The van der Waals surface area contributed by atoms with Crippen LogP contribution in [-0.2, 0) is 16.3 Å². The third kappa shape index (κ3) is 4.58. The summed E-state index contributed by atoms with van der Waals surface area (Å²) < 4.78 is 28.2. The second-order valence-corrected chi connectivity index (χ2v) is 16.5. The van der Waals surface area contributed by atoms with E-state index in [0.717, 1.165) is 29.7 Å². The molecule has 3 fully saturated rings. The molecule has 2 bridgehead atoms. The summed E-state index contributed by atoms with van der Waals surface area (Å²) >= 11 is 0. The van der Waals surface area contributed by atoms with Crippen LogP contribution in [0.15, 0.2) is 96.7 Å². The minimum Gasteiger partial charge on any atom is -0.392 e. The lowest BCUT2D eigenvalue weighted by molar-refractivity contribution is -0.0693. The quantitative estimate of drug-likeness (QED) is 0.232. The van der Waals surface area contributed by atoms with E-state index in [1.165, 1.54) is 59.9 Å². The molecule has 11 rings (SSSR count). The summed E-state index contributed by atoms with van der Waals surface area (Å²) in [7, 11) is -3.25. The predicted octanol–water partition coefficient (Wildman–Crippen LogP) is 6.40. The van der Waals surface area contributed by atoms with Crippen LogP contribution in [0.1, 0.15) is 72.5 Å². The highest BCUT2D eigenvalue weighted by Gasteiger charge is 2.49. The van der Waals surface area contributed by atoms with Crippen LogP contribution >= 0.6 is 0 Å². The first-order valence-electron chi connectivity index (χ1n) is 17.2. The van der Waals surface area contributed by atoms with Crippen molar-refractivity contribution in [1.82, 2.24) is 19.1 Å². The van der Waals surface area contributed by atoms with Crippen molar-refractivity contribution in [1.29, 1.82) is 0 Å². The molecule has 246 valence electrons. The zero-order chi connectivity index (χ0) is 32.7. The Morgan fingerprint density at radius 3 is 1.92 bits per heavy atom. The monoisotopic (exact) mass is 660 g/mol. The average Bonchev–Trinajstić information content (AvgIpc) is 3.88. The number of hydrogen-bond acceptors (Lipinski definition) is 6. The molecule has 0 radical (unpaired) electrons. The van der Waals surface area contributed by atoms with Crippen LogP contribution in [0.4, 0.5) is 0 Å². The van der Waals surface area contributed by atoms with Crippen LogP contribution < -0.4 is 0 Å². The predicted molar refractivity (Wildman–Crippen MR) is 183 cm³/mol. The topological polar surface area (TPSA) is 110 Å². The fourth-order valence-corrected chi connectivity index (χ4v) is 10.5. The molecule has 4 aliphatic carbocycles. The number of nitrogens with zero attached hydrogens (tertiary/aromatic N) is 4. The number of aliphatic hydroxyl groups is 2. The van der Waals surface area contributed by atoms with Gasteiger partial charge < -0.3 is 19.3 Å². The van der Waals surface area contributed by atoms with Crippen LogP contribution in [0.5, 0.6) is 0 Å². The Bertz CT molecular complexity index is 2130. The summed E-state index contributed by atoms with van der Waals surface area (Å²) in [5.74, 6) is 1.54. The second-order valence-electron chi connectivity index (χ2n) is 14.5. The number of benzene rings is 3. The fourth-order valence-electron chi connectivity index (χ4n) is 9.84. The third-order valence-corrected chi connectivity index (χ3v) is 13.2. The second kappa shape index (κ2) is 11.3. The minimum absolute atomic E-state index is 0.0122. The van der Waals surface area contributed by atoms with Crippen molar-refractivity contribution >= 4 is 9.84 Å². The number of hydrogen-bond donors (Lipinski definition) is 2. The molecule has 6 aliphatic rings. The molecule has 6 unspecified atom stereocenters. The van der Waals surface area contributed by atoms with Gasteiger partial charge in [0.15, 0.2) is 9.84 Å². The molecule has 2 aromatic heterocycles. The van der Waals surface area contributed by atoms with Crippen LogP contribution in [0, 0.1) is 23.7 Å². The van der Waals surface area contributed by atoms with Crippen molar-refractivity contribution in [2.24, 2.45) is 23.7 Å². The molecule has 8 nitrogen and oxygen atoms in total. The number of rotatable bonds is 3. The molecular weight excluding hydrogens is 621 g/mol. The Morgan fingerprint density at radius 1 is 0.708 bits per heavy atom. The number of aliphatic hydroxyl groups excluding tert-OH is 2. The summed E-state index contributed by atoms with van der Waals surface area (Å²) in [6.07, 6.45) is 14.6. The number of imidazole rings is 2. The van der Waals surface area contributed by atoms with Gasteiger partial charge in [-0.05, 0) is 84.7 Å². The maximum Gasteiger partial charge on any atom is 0.175 e. The Kier molecular flexibility index (Phi) is 7.04. The highest BCUT2D eigenvalue weighted by molar-refractivity contribution is 7.90. The van der Waals surface area contributed by atoms with Gasteiger partial charge in [0.25, 0.3) is 0 Å². The Labute approximate surface area is 281 Å². The van der Waals surface area contributed by atoms with Crippen LogP contribution in [0.3, 0.4) is 0 Å². The van der Waals surface area contributed by atoms with E-state index >= 15 is 0 Å². The Balaban J connectivity index is 0.000000135. The molecule has 0 spiro atoms. The number of aryl methyl sites for hydroxylation is 1. The van der Waals surface area contributed by atoms with Gasteiger partial charge in [-0.3, -0.25) is 0 Å². The first-order chi connectivity index (χ1) is 23.3. The molecule has 6 atom stereocenters. The minimum atomic E-state index is -3.25. The van der Waals surface area contributed by atoms with E-state index in [2.05, 4.69) is 55.5 Å². The van der Waals surface area contributed by atoms with Gasteiger partial charge in [-0.2, -0.15) is 0 Å². The van der Waals surface area contributed by atoms with E-state index in [-0.39, 0.29) is 24.1 Å². The summed E-state index contributed by atoms with van der Waals surface area (Å²) in [6.45, 7) is 0. The van der Waals surface area contributed by atoms with Crippen LogP contribution in [0.2, 0.25) is 0 Å². The molecule has 3 aromatic carbocycles. The van der Waals surface area contributed by atoms with Crippen LogP contribution in [0.25, 0.3) is 22.5 Å². The molecule has 9 heteroatoms. The lowest BCUT2D eigenvalue weighted by Crippen LogP contribution is -2.47. The summed E-state index contributed by atoms with van der Waals surface area (Å²) in [6, 6.07) is 22.4. The van der Waals surface area contributed by atoms with Gasteiger partial charge in [-0.25, -0.2) is 18.4 Å². The molecule has 0 amide bonds. The number of fused-ring (bicyclic) bond motifs is 10. The molecule has 2 aliphatic heterocycles. The summed E-state index contributed by atoms with van der Waals surface area (Å²) in [4.78, 5) is 8.98. The molecular formula is C39H40N4O4S. The molecule has 5 aromatic rings. The van der Waals surface area contributed by atoms with Crippen molar-refractivity contribution in [3.05, 3.63) is 114 Å². The number of aromatic nitrogens is 4. The molecule has 0 saturated heterocycles. The van der Waals surface area contributed by atoms with Crippen molar-refractivity contribution in [3.8, 4) is 22.5 Å². The SMILES string of the molecule is CS(=O)(=O)c1ccc2c(c1)CCC(C1c3ccccc3-c3cncn31)C2O.OC1C2CCC(CC2)C1C1c2ccccc2-c2cncn21. The van der Waals surface area contributed by atoms with Gasteiger partial charge in [0.2, 0.25) is 0 Å². The smallest absolute Gasteiger partial charge is 0.175 e. The summed E-state index contributed by atoms with van der Waals surface area (Å²) in [5.41, 5.74) is 9.13. The highest BCUT2D eigenvalue weighted by Crippen LogP contribution is 2.54. The zero-order valence-electron chi connectivity index (χ0n) is 26.9. The first kappa shape index (κ1) is 30.0. The van der Waals surface area contributed by atoms with Crippen molar-refractivity contribution < 1.29 is 18.6 Å². The zero-order valence-corrected chi connectivity index (χ0v) is 27.7. The molecule has 3 saturated carbocycles. The van der Waals surface area contributed by atoms with Crippen LogP contribution in [-0.4, -0.2) is 50.1 Å². The lowest BCUT2D eigenvalue weighted by atomic mass is 9.60. The lowest BCUT2D eigenvalue weighted by Gasteiger charge is -2.49. The van der Waals surface area contributed by atoms with Gasteiger partial charge >= 0.3 is 0 Å². The van der Waals surface area contributed by atoms with E-state index in [9.17, 15) is 18.6 Å². The first-order valence-corrected chi connectivity index (χ1v) is 19.1. The third-order valence-electron chi connectivity index (χ3n) is 12.1. The normalized spacial score (nSPS) is 29.2. The van der Waals surface area contributed by atoms with Crippen molar-refractivity contribution in [2.75, 3.05) is 6.26 Å². The Hall–Kier alpha value is -4.05. The van der Waals surface area contributed by atoms with E-state index in [1.54, 1.807) is 18.2 Å². The van der Waals surface area contributed by atoms with Gasteiger partial charge in [0, 0.05) is 29.2 Å². The van der Waals surface area contributed by atoms with Gasteiger partial charge in [0.05, 0.1) is 65.6 Å². The standard InChI is InChI=1S/C21H20N2O3S.C18H20N2O/c1-27(25,26)14-7-9-15-13(10-14)6-8-18(21(15)24)20-17-5-3-2-4-16(17)19-11-22-12-23(19)20;21-18-12-7-5-11(6-8-12)16(18)17-14-4-2-1-3-13(14)15-9-19-10-20(15)17/h2-5,7,9-12,18,20-21,24H,6,8H2,1H3;1-4,9-12,16-18,21H,5-8H2. The average molecular weight is 661 g/mol. The maximum absolute atomic E-state index is 11.8.